The van der Waals surface area contributed by atoms with Crippen molar-refractivity contribution in [2.45, 2.75) is 0 Å². The van der Waals surface area contributed by atoms with Crippen LogP contribution in [-0.4, -0.2) is 37.6 Å². The Kier molecular flexibility index (Phi) is 6.61. The quantitative estimate of drug-likeness (QED) is 0.307. The summed E-state index contributed by atoms with van der Waals surface area (Å²) in [7, 11) is 2.64. The van der Waals surface area contributed by atoms with Gasteiger partial charge in [-0.25, -0.2) is 4.79 Å². The topological polar surface area (TPSA) is 143 Å². The lowest BCUT2D eigenvalue weighted by atomic mass is 10.2. The summed E-state index contributed by atoms with van der Waals surface area (Å²) in [4.78, 5) is 34.5. The highest BCUT2D eigenvalue weighted by Crippen LogP contribution is 2.30. The number of nitrogens with one attached hydrogen (secondary N) is 1. The number of anilines is 2. The van der Waals surface area contributed by atoms with E-state index in [-0.39, 0.29) is 39.1 Å². The number of methoxy groups -OCH3 is 2. The van der Waals surface area contributed by atoms with Crippen molar-refractivity contribution in [3.63, 3.8) is 0 Å². The van der Waals surface area contributed by atoms with Crippen molar-refractivity contribution in [2.24, 2.45) is 0 Å². The summed E-state index contributed by atoms with van der Waals surface area (Å²) in [5.41, 5.74) is 5.85. The molecule has 10 nitrogen and oxygen atoms in total. The number of esters is 1. The fraction of sp³-hybridized carbons (Fsp3) is 0.176. The summed E-state index contributed by atoms with van der Waals surface area (Å²) >= 11 is 5.90. The van der Waals surface area contributed by atoms with Crippen molar-refractivity contribution in [2.75, 3.05) is 31.9 Å². The fourth-order valence-electron chi connectivity index (χ4n) is 2.19. The van der Waals surface area contributed by atoms with E-state index in [1.807, 2.05) is 0 Å². The summed E-state index contributed by atoms with van der Waals surface area (Å²) in [6.07, 6.45) is 0. The standard InChI is InChI=1S/C17H16ClN3O7/c1-26-14-7-12(19)11(18)6-10(14)17(23)28-8-16(22)20-13-4-3-9(21(24)25)5-15(13)27-2/h3-7H,8,19H2,1-2H3,(H,20,22). The lowest BCUT2D eigenvalue weighted by Gasteiger charge is -2.12. The minimum Gasteiger partial charge on any atom is -0.496 e. The maximum Gasteiger partial charge on any atom is 0.342 e. The SMILES string of the molecule is COc1cc([N+](=O)[O-])ccc1NC(=O)COC(=O)c1cc(Cl)c(N)cc1OC. The zero-order chi connectivity index (χ0) is 20.8. The predicted molar refractivity (Wildman–Crippen MR) is 101 cm³/mol. The number of carbonyl (C=O) groups excluding carboxylic acids is 2. The van der Waals surface area contributed by atoms with Crippen LogP contribution in [0.4, 0.5) is 17.1 Å². The van der Waals surface area contributed by atoms with E-state index < -0.39 is 23.4 Å². The normalized spacial score (nSPS) is 10.1. The molecule has 0 aliphatic rings. The van der Waals surface area contributed by atoms with Crippen molar-refractivity contribution >= 4 is 40.5 Å². The second-order valence-electron chi connectivity index (χ2n) is 5.34. The van der Waals surface area contributed by atoms with Gasteiger partial charge in [0.25, 0.3) is 11.6 Å². The number of hydrogen-bond donors (Lipinski definition) is 2. The van der Waals surface area contributed by atoms with Gasteiger partial charge in [0.1, 0.15) is 17.1 Å². The summed E-state index contributed by atoms with van der Waals surface area (Å²) in [5.74, 6) is -1.30. The molecular weight excluding hydrogens is 394 g/mol. The van der Waals surface area contributed by atoms with E-state index >= 15 is 0 Å². The minimum absolute atomic E-state index is 0.00224. The van der Waals surface area contributed by atoms with Crippen LogP contribution in [0.2, 0.25) is 5.02 Å². The Labute approximate surface area is 164 Å². The number of nitro groups is 1. The number of nitrogens with two attached hydrogens (primary N) is 1. The number of amides is 1. The van der Waals surface area contributed by atoms with Crippen LogP contribution in [-0.2, 0) is 9.53 Å². The average Bonchev–Trinajstić information content (AvgIpc) is 2.67. The molecule has 148 valence electrons. The molecule has 0 bridgehead atoms. The van der Waals surface area contributed by atoms with Crippen LogP contribution in [0.15, 0.2) is 30.3 Å². The third-order valence-corrected chi connectivity index (χ3v) is 3.87. The molecule has 0 unspecified atom stereocenters. The number of benzene rings is 2. The van der Waals surface area contributed by atoms with Gasteiger partial charge < -0.3 is 25.3 Å². The van der Waals surface area contributed by atoms with Crippen LogP contribution in [0.3, 0.4) is 0 Å². The molecule has 0 saturated heterocycles. The van der Waals surface area contributed by atoms with E-state index in [2.05, 4.69) is 5.32 Å². The molecule has 1 amide bonds. The van der Waals surface area contributed by atoms with Gasteiger partial charge in [-0.1, -0.05) is 11.6 Å². The molecule has 2 aromatic carbocycles. The molecule has 0 spiro atoms. The van der Waals surface area contributed by atoms with Gasteiger partial charge in [0.2, 0.25) is 0 Å². The highest BCUT2D eigenvalue weighted by Gasteiger charge is 2.19. The molecule has 0 heterocycles. The number of nitrogen functional groups attached to an aromatic ring is 1. The van der Waals surface area contributed by atoms with Gasteiger partial charge in [-0.2, -0.15) is 0 Å². The van der Waals surface area contributed by atoms with Crippen molar-refractivity contribution in [3.8, 4) is 11.5 Å². The number of rotatable bonds is 7. The van der Waals surface area contributed by atoms with E-state index in [9.17, 15) is 19.7 Å². The first-order valence-corrected chi connectivity index (χ1v) is 8.07. The van der Waals surface area contributed by atoms with Crippen LogP contribution in [0, 0.1) is 10.1 Å². The number of non-ortho nitro benzene ring substituents is 1. The first-order valence-electron chi connectivity index (χ1n) is 7.69. The van der Waals surface area contributed by atoms with Crippen LogP contribution in [0.25, 0.3) is 0 Å². The largest absolute Gasteiger partial charge is 0.496 e. The van der Waals surface area contributed by atoms with Gasteiger partial charge >= 0.3 is 5.97 Å². The summed E-state index contributed by atoms with van der Waals surface area (Å²) in [6, 6.07) is 6.30. The second-order valence-corrected chi connectivity index (χ2v) is 5.75. The number of ether oxygens (including phenoxy) is 3. The Morgan fingerprint density at radius 1 is 1.18 bits per heavy atom. The Hall–Kier alpha value is -3.53. The molecule has 0 radical (unpaired) electrons. The van der Waals surface area contributed by atoms with E-state index in [0.717, 1.165) is 6.07 Å². The predicted octanol–water partition coefficient (Wildman–Crippen LogP) is 2.64. The van der Waals surface area contributed by atoms with Crippen molar-refractivity contribution in [1.29, 1.82) is 0 Å². The van der Waals surface area contributed by atoms with Crippen molar-refractivity contribution in [1.82, 2.24) is 0 Å². The molecule has 0 aromatic heterocycles. The molecule has 11 heteroatoms. The molecular formula is C17H16ClN3O7. The number of nitrogens with zero attached hydrogens (tertiary/aromatic N) is 1. The van der Waals surface area contributed by atoms with E-state index in [4.69, 9.17) is 31.5 Å². The Morgan fingerprint density at radius 2 is 1.86 bits per heavy atom. The fourth-order valence-corrected chi connectivity index (χ4v) is 2.35. The number of nitro benzene ring substituents is 1. The zero-order valence-corrected chi connectivity index (χ0v) is 15.6. The smallest absolute Gasteiger partial charge is 0.342 e. The Balaban J connectivity index is 2.06. The monoisotopic (exact) mass is 409 g/mol. The van der Waals surface area contributed by atoms with Gasteiger partial charge in [-0.3, -0.25) is 14.9 Å². The number of hydrogen-bond acceptors (Lipinski definition) is 8. The highest BCUT2D eigenvalue weighted by molar-refractivity contribution is 6.33. The van der Waals surface area contributed by atoms with Crippen LogP contribution in [0.1, 0.15) is 10.4 Å². The molecule has 0 aliphatic carbocycles. The van der Waals surface area contributed by atoms with E-state index in [1.54, 1.807) is 0 Å². The van der Waals surface area contributed by atoms with E-state index in [1.165, 1.54) is 38.5 Å². The molecule has 28 heavy (non-hydrogen) atoms. The Morgan fingerprint density at radius 3 is 2.46 bits per heavy atom. The van der Waals surface area contributed by atoms with Gasteiger partial charge in [-0.15, -0.1) is 0 Å². The molecule has 0 atom stereocenters. The second kappa shape index (κ2) is 8.91. The lowest BCUT2D eigenvalue weighted by Crippen LogP contribution is -2.21. The van der Waals surface area contributed by atoms with Crippen LogP contribution in [0.5, 0.6) is 11.5 Å². The van der Waals surface area contributed by atoms with Gasteiger partial charge in [0.15, 0.2) is 6.61 Å². The molecule has 0 fully saturated rings. The van der Waals surface area contributed by atoms with Gasteiger partial charge in [0, 0.05) is 12.1 Å². The maximum absolute atomic E-state index is 12.2. The average molecular weight is 410 g/mol. The van der Waals surface area contributed by atoms with Gasteiger partial charge in [-0.05, 0) is 12.1 Å². The minimum atomic E-state index is -0.843. The van der Waals surface area contributed by atoms with Gasteiger partial charge in [0.05, 0.1) is 41.6 Å². The number of halogens is 1. The third-order valence-electron chi connectivity index (χ3n) is 3.54. The molecule has 3 N–H and O–H groups in total. The first-order chi connectivity index (χ1) is 13.3. The maximum atomic E-state index is 12.2. The molecule has 2 aromatic rings. The lowest BCUT2D eigenvalue weighted by molar-refractivity contribution is -0.384. The number of carbonyl (C=O) groups is 2. The summed E-state index contributed by atoms with van der Waals surface area (Å²) < 4.78 is 15.0. The molecule has 2 rings (SSSR count). The van der Waals surface area contributed by atoms with Crippen LogP contribution < -0.4 is 20.5 Å². The van der Waals surface area contributed by atoms with Crippen molar-refractivity contribution in [3.05, 3.63) is 51.0 Å². The first kappa shape index (κ1) is 20.8. The van der Waals surface area contributed by atoms with Crippen LogP contribution >= 0.6 is 11.6 Å². The molecule has 0 saturated carbocycles. The third kappa shape index (κ3) is 4.80. The summed E-state index contributed by atoms with van der Waals surface area (Å²) in [5, 5.41) is 13.4. The molecule has 0 aliphatic heterocycles. The van der Waals surface area contributed by atoms with Crippen molar-refractivity contribution < 1.29 is 28.7 Å². The Bertz CT molecular complexity index is 933. The summed E-state index contributed by atoms with van der Waals surface area (Å²) in [6.45, 7) is -0.621. The highest BCUT2D eigenvalue weighted by atomic mass is 35.5. The zero-order valence-electron chi connectivity index (χ0n) is 14.9. The van der Waals surface area contributed by atoms with E-state index in [0.29, 0.717) is 0 Å².